The Kier molecular flexibility index (Phi) is 2.23. The molecule has 2 rings (SSSR count). The van der Waals surface area contributed by atoms with E-state index >= 15 is 0 Å². The number of thiocarbonyl (C=S) groups is 1. The molecule has 0 saturated heterocycles. The van der Waals surface area contributed by atoms with Crippen LogP contribution in [0.15, 0.2) is 30.6 Å². The molecule has 0 bridgehead atoms. The quantitative estimate of drug-likeness (QED) is 0.636. The lowest BCUT2D eigenvalue weighted by Crippen LogP contribution is -1.82. The molecule has 0 N–H and O–H groups in total. The SMILES string of the molecule is S=C1C=C(c2ccncc2)SC1. The van der Waals surface area contributed by atoms with Crippen LogP contribution in [0.5, 0.6) is 0 Å². The van der Waals surface area contributed by atoms with Gasteiger partial charge >= 0.3 is 0 Å². The van der Waals surface area contributed by atoms with Crippen LogP contribution >= 0.6 is 24.0 Å². The summed E-state index contributed by atoms with van der Waals surface area (Å²) in [4.78, 5) is 6.27. The molecule has 0 atom stereocenters. The zero-order chi connectivity index (χ0) is 8.39. The first-order valence-corrected chi connectivity index (χ1v) is 5.03. The number of nitrogens with zero attached hydrogens (tertiary/aromatic N) is 1. The summed E-state index contributed by atoms with van der Waals surface area (Å²) in [6.07, 6.45) is 5.67. The number of hydrogen-bond donors (Lipinski definition) is 0. The first-order valence-electron chi connectivity index (χ1n) is 3.64. The van der Waals surface area contributed by atoms with E-state index in [1.54, 1.807) is 24.2 Å². The summed E-state index contributed by atoms with van der Waals surface area (Å²) < 4.78 is 0. The van der Waals surface area contributed by atoms with Crippen molar-refractivity contribution in [3.8, 4) is 0 Å². The fourth-order valence-electron chi connectivity index (χ4n) is 1.06. The van der Waals surface area contributed by atoms with Gasteiger partial charge in [-0.1, -0.05) is 12.2 Å². The van der Waals surface area contributed by atoms with E-state index in [1.807, 2.05) is 12.1 Å². The predicted octanol–water partition coefficient (Wildman–Crippen LogP) is 2.54. The summed E-state index contributed by atoms with van der Waals surface area (Å²) in [6.45, 7) is 0. The van der Waals surface area contributed by atoms with Gasteiger partial charge in [-0.15, -0.1) is 11.8 Å². The maximum absolute atomic E-state index is 5.08. The van der Waals surface area contributed by atoms with Crippen LogP contribution in [0.3, 0.4) is 0 Å². The predicted molar refractivity (Wildman–Crippen MR) is 57.3 cm³/mol. The van der Waals surface area contributed by atoms with Gasteiger partial charge in [0.15, 0.2) is 0 Å². The molecule has 1 nitrogen and oxygen atoms in total. The Morgan fingerprint density at radius 1 is 1.33 bits per heavy atom. The molecule has 60 valence electrons. The average molecular weight is 193 g/mol. The van der Waals surface area contributed by atoms with Crippen LogP contribution in [0.2, 0.25) is 0 Å². The van der Waals surface area contributed by atoms with Gasteiger partial charge in [0.1, 0.15) is 0 Å². The van der Waals surface area contributed by atoms with Gasteiger partial charge in [-0.05, 0) is 23.8 Å². The fraction of sp³-hybridized carbons (Fsp3) is 0.111. The second-order valence-electron chi connectivity index (χ2n) is 2.50. The normalized spacial score (nSPS) is 16.3. The summed E-state index contributed by atoms with van der Waals surface area (Å²) >= 11 is 6.88. The molecular formula is C9H7NS2. The lowest BCUT2D eigenvalue weighted by Gasteiger charge is -1.97. The first kappa shape index (κ1) is 7.95. The van der Waals surface area contributed by atoms with Crippen LogP contribution in [0, 0.1) is 0 Å². The second kappa shape index (κ2) is 3.37. The van der Waals surface area contributed by atoms with Crippen LogP contribution in [0.25, 0.3) is 4.91 Å². The molecule has 0 fully saturated rings. The van der Waals surface area contributed by atoms with Gasteiger partial charge in [-0.3, -0.25) is 4.98 Å². The topological polar surface area (TPSA) is 12.9 Å². The van der Waals surface area contributed by atoms with Crippen molar-refractivity contribution in [1.29, 1.82) is 0 Å². The minimum absolute atomic E-state index is 0.951. The molecule has 0 radical (unpaired) electrons. The maximum Gasteiger partial charge on any atom is 0.0335 e. The highest BCUT2D eigenvalue weighted by Crippen LogP contribution is 2.32. The van der Waals surface area contributed by atoms with Crippen molar-refractivity contribution in [3.63, 3.8) is 0 Å². The van der Waals surface area contributed by atoms with Gasteiger partial charge < -0.3 is 0 Å². The van der Waals surface area contributed by atoms with Crippen LogP contribution in [-0.2, 0) is 0 Å². The van der Waals surface area contributed by atoms with Crippen LogP contribution in [0.1, 0.15) is 5.56 Å². The van der Waals surface area contributed by atoms with Crippen molar-refractivity contribution in [2.75, 3.05) is 5.75 Å². The van der Waals surface area contributed by atoms with E-state index in [0.717, 1.165) is 10.6 Å². The fourth-order valence-corrected chi connectivity index (χ4v) is 2.34. The lowest BCUT2D eigenvalue weighted by atomic mass is 10.2. The van der Waals surface area contributed by atoms with Crippen molar-refractivity contribution in [3.05, 3.63) is 36.2 Å². The zero-order valence-corrected chi connectivity index (χ0v) is 7.99. The molecule has 12 heavy (non-hydrogen) atoms. The van der Waals surface area contributed by atoms with Gasteiger partial charge in [-0.2, -0.15) is 0 Å². The Bertz CT molecular complexity index is 330. The van der Waals surface area contributed by atoms with Crippen molar-refractivity contribution in [2.24, 2.45) is 0 Å². The molecule has 1 aliphatic heterocycles. The minimum atomic E-state index is 0.951. The average Bonchev–Trinajstić information content (AvgIpc) is 2.54. The number of hydrogen-bond acceptors (Lipinski definition) is 3. The Morgan fingerprint density at radius 3 is 2.67 bits per heavy atom. The van der Waals surface area contributed by atoms with Crippen molar-refractivity contribution < 1.29 is 0 Å². The van der Waals surface area contributed by atoms with Gasteiger partial charge in [-0.25, -0.2) is 0 Å². The van der Waals surface area contributed by atoms with E-state index in [-0.39, 0.29) is 0 Å². The van der Waals surface area contributed by atoms with Crippen molar-refractivity contribution in [1.82, 2.24) is 4.98 Å². The van der Waals surface area contributed by atoms with Crippen LogP contribution in [0.4, 0.5) is 0 Å². The Hall–Kier alpha value is -0.670. The molecule has 1 aromatic rings. The number of rotatable bonds is 1. The molecule has 3 heteroatoms. The Morgan fingerprint density at radius 2 is 2.08 bits per heavy atom. The van der Waals surface area contributed by atoms with E-state index in [4.69, 9.17) is 12.2 Å². The molecule has 0 spiro atoms. The summed E-state index contributed by atoms with van der Waals surface area (Å²) in [7, 11) is 0. The highest BCUT2D eigenvalue weighted by molar-refractivity contribution is 8.10. The highest BCUT2D eigenvalue weighted by atomic mass is 32.2. The number of aromatic nitrogens is 1. The van der Waals surface area contributed by atoms with Crippen molar-refractivity contribution >= 4 is 33.7 Å². The first-order chi connectivity index (χ1) is 5.86. The van der Waals surface area contributed by atoms with Gasteiger partial charge in [0, 0.05) is 27.9 Å². The summed E-state index contributed by atoms with van der Waals surface area (Å²) in [5.74, 6) is 0.951. The van der Waals surface area contributed by atoms with Gasteiger partial charge in [0.2, 0.25) is 0 Å². The van der Waals surface area contributed by atoms with Crippen LogP contribution < -0.4 is 0 Å². The summed E-state index contributed by atoms with van der Waals surface area (Å²) in [5, 5.41) is 0. The third kappa shape index (κ3) is 1.57. The number of allylic oxidation sites excluding steroid dienone is 1. The lowest BCUT2D eigenvalue weighted by molar-refractivity contribution is 1.32. The molecule has 0 amide bonds. The van der Waals surface area contributed by atoms with E-state index < -0.39 is 0 Å². The van der Waals surface area contributed by atoms with Crippen molar-refractivity contribution in [2.45, 2.75) is 0 Å². The third-order valence-electron chi connectivity index (χ3n) is 1.63. The molecule has 0 saturated carbocycles. The molecule has 0 unspecified atom stereocenters. The molecule has 1 aromatic heterocycles. The molecule has 1 aliphatic rings. The monoisotopic (exact) mass is 193 g/mol. The number of thioether (sulfide) groups is 1. The molecule has 2 heterocycles. The Labute approximate surface area is 80.9 Å². The minimum Gasteiger partial charge on any atom is -0.265 e. The highest BCUT2D eigenvalue weighted by Gasteiger charge is 2.10. The largest absolute Gasteiger partial charge is 0.265 e. The van der Waals surface area contributed by atoms with E-state index in [0.29, 0.717) is 0 Å². The standard InChI is InChI=1S/C9H7NS2/c11-8-5-9(12-6-8)7-1-3-10-4-2-7/h1-5H,6H2. The molecular weight excluding hydrogens is 186 g/mol. The number of pyridine rings is 1. The third-order valence-corrected chi connectivity index (χ3v) is 3.19. The summed E-state index contributed by atoms with van der Waals surface area (Å²) in [6, 6.07) is 4.01. The van der Waals surface area contributed by atoms with E-state index in [2.05, 4.69) is 11.1 Å². The van der Waals surface area contributed by atoms with Gasteiger partial charge in [0.25, 0.3) is 0 Å². The van der Waals surface area contributed by atoms with E-state index in [9.17, 15) is 0 Å². The second-order valence-corrected chi connectivity index (χ2v) is 4.04. The Balaban J connectivity index is 2.33. The molecule has 0 aliphatic carbocycles. The van der Waals surface area contributed by atoms with Gasteiger partial charge in [0.05, 0.1) is 0 Å². The maximum atomic E-state index is 5.08. The smallest absolute Gasteiger partial charge is 0.0335 e. The molecule has 0 aromatic carbocycles. The van der Waals surface area contributed by atoms with E-state index in [1.165, 1.54) is 10.5 Å². The summed E-state index contributed by atoms with van der Waals surface area (Å²) in [5.41, 5.74) is 1.22. The van der Waals surface area contributed by atoms with Crippen LogP contribution in [-0.4, -0.2) is 15.6 Å². The zero-order valence-electron chi connectivity index (χ0n) is 6.36.